The van der Waals surface area contributed by atoms with Crippen LogP contribution in [0.4, 0.5) is 0 Å². The van der Waals surface area contributed by atoms with Crippen LogP contribution in [0.15, 0.2) is 30.3 Å². The second-order valence-corrected chi connectivity index (χ2v) is 31.0. The number of carbonyl (C=O) groups excluding carboxylic acids is 5. The number of hydrogen-bond donors (Lipinski definition) is 5. The molecule has 3 aliphatic heterocycles. The van der Waals surface area contributed by atoms with Crippen LogP contribution < -0.4 is 16.0 Å². The first-order valence-corrected chi connectivity index (χ1v) is 35.4. The number of nitrogens with zero attached hydrogens (tertiary/aromatic N) is 2. The van der Waals surface area contributed by atoms with Gasteiger partial charge in [-0.25, -0.2) is 0 Å². The summed E-state index contributed by atoms with van der Waals surface area (Å²) in [5, 5.41) is 22.7. The topological polar surface area (TPSA) is 178 Å². The van der Waals surface area contributed by atoms with Gasteiger partial charge < -0.3 is 45.5 Å². The summed E-state index contributed by atoms with van der Waals surface area (Å²) in [5.74, 6) is 6.48. The van der Waals surface area contributed by atoms with Crippen molar-refractivity contribution in [2.24, 2.45) is 58.2 Å². The molecule has 0 spiro atoms. The maximum Gasteiger partial charge on any atom is 0.234 e. The summed E-state index contributed by atoms with van der Waals surface area (Å²) in [6.45, 7) is 61.2. The first-order chi connectivity index (χ1) is 41.6. The molecule has 0 saturated carbocycles. The average Bonchev–Trinajstić information content (AvgIpc) is 4.47. The Labute approximate surface area is 560 Å². The van der Waals surface area contributed by atoms with E-state index in [1.54, 1.807) is 14.0 Å². The molecule has 1 aromatic rings. The lowest BCUT2D eigenvalue weighted by molar-refractivity contribution is -0.131. The normalized spacial score (nSPS) is 15.0. The SMILES string of the molecule is CC(=O)CCC(C)C.CC(=O)NCC(C)C.CC(C)(C)CC1CCCO1.CC(C)C.CC(C)C.CC(C)CC(=O)N1CCCC1.CC(C)CCC(=O)c1ccccc1.CN1CCCC1CC(C)(C)C.CNCC(=O)NC(CCC(C)C)CCC(C)C.CO.CO. The van der Waals surface area contributed by atoms with E-state index < -0.39 is 0 Å². The Morgan fingerprint density at radius 1 is 0.567 bits per heavy atom. The first-order valence-electron chi connectivity index (χ1n) is 35.4. The van der Waals surface area contributed by atoms with E-state index in [-0.39, 0.29) is 17.6 Å². The zero-order valence-corrected chi connectivity index (χ0v) is 65.2. The molecule has 5 N–H and O–H groups in total. The van der Waals surface area contributed by atoms with Crippen LogP contribution in [-0.2, 0) is 23.9 Å². The van der Waals surface area contributed by atoms with E-state index in [9.17, 15) is 24.0 Å². The molecule has 1 aromatic carbocycles. The minimum Gasteiger partial charge on any atom is -0.400 e. The average molecular weight is 1280 g/mol. The lowest BCUT2D eigenvalue weighted by Crippen LogP contribution is -2.40. The fourth-order valence-corrected chi connectivity index (χ4v) is 8.70. The number of amides is 3. The summed E-state index contributed by atoms with van der Waals surface area (Å²) in [6, 6.07) is 10.7. The number of rotatable bonds is 22. The molecule has 2 unspecified atom stereocenters. The molecule has 3 saturated heterocycles. The van der Waals surface area contributed by atoms with Gasteiger partial charge in [-0.3, -0.25) is 19.2 Å². The van der Waals surface area contributed by atoms with Gasteiger partial charge in [0.1, 0.15) is 5.78 Å². The number of likely N-dealkylation sites (N-methyl/N-ethyl adjacent to an activating group) is 1. The van der Waals surface area contributed by atoms with E-state index in [1.165, 1.54) is 77.7 Å². The second kappa shape index (κ2) is 64.5. The Morgan fingerprint density at radius 2 is 1.01 bits per heavy atom. The fourth-order valence-electron chi connectivity index (χ4n) is 8.70. The molecule has 3 heterocycles. The fraction of sp³-hybridized carbons (Fsp3) is 0.857. The lowest BCUT2D eigenvalue weighted by Gasteiger charge is -2.27. The summed E-state index contributed by atoms with van der Waals surface area (Å²) in [4.78, 5) is 59.6. The van der Waals surface area contributed by atoms with E-state index >= 15 is 0 Å². The van der Waals surface area contributed by atoms with Crippen molar-refractivity contribution in [2.45, 2.75) is 307 Å². The summed E-state index contributed by atoms with van der Waals surface area (Å²) < 4.78 is 5.53. The van der Waals surface area contributed by atoms with Crippen LogP contribution in [0.5, 0.6) is 0 Å². The Balaban J connectivity index is -0.000000175. The molecular formula is C77H157N5O8. The molecule has 3 amide bonds. The molecule has 3 fully saturated rings. The van der Waals surface area contributed by atoms with Gasteiger partial charge >= 0.3 is 0 Å². The third-order valence-corrected chi connectivity index (χ3v) is 13.2. The Morgan fingerprint density at radius 3 is 1.32 bits per heavy atom. The standard InChI is InChI=1S/C14H30N2O.C12H16O.C10H21N.C9H17NO.C9H18O.C7H14O.C6H13NO.2C4H10.2CH4O/c1-11(2)6-8-13(9-7-12(3)4)16-14(17)10-15-5;1-10(2)8-9-12(13)11-6-4-3-5-7-11;1-10(2,3)8-9-6-5-7-11(9)4;1-8(2)7-9(11)10-5-3-4-6-10;1-9(2,3)7-8-5-4-6-10-8;1-6(2)4-5-7(3)8;1-5(2)4-7-6(3)8;2*1-4(2)3;2*1-2/h11-13,15H,6-10H2,1-5H3,(H,16,17);3-7,10H,8-9H2,1-2H3;9H,5-8H2,1-4H3;8H,3-7H2,1-2H3;8H,4-7H2,1-3H3;6H,4-5H2,1-3H3;5H,4H2,1-3H3,(H,7,8);2*4H,1-3H3;2*2H,1H3. The number of ether oxygens (including phenoxy) is 1. The van der Waals surface area contributed by atoms with Crippen molar-refractivity contribution < 1.29 is 38.9 Å². The highest BCUT2D eigenvalue weighted by Gasteiger charge is 2.26. The zero-order chi connectivity index (χ0) is 71.6. The molecule has 13 heteroatoms. The van der Waals surface area contributed by atoms with Crippen molar-refractivity contribution in [1.82, 2.24) is 25.8 Å². The van der Waals surface area contributed by atoms with E-state index in [4.69, 9.17) is 14.9 Å². The minimum absolute atomic E-state index is 0.0544. The van der Waals surface area contributed by atoms with Crippen LogP contribution in [0.3, 0.4) is 0 Å². The van der Waals surface area contributed by atoms with E-state index in [0.717, 1.165) is 102 Å². The molecule has 13 nitrogen and oxygen atoms in total. The van der Waals surface area contributed by atoms with Crippen LogP contribution >= 0.6 is 0 Å². The maximum atomic E-state index is 11.6. The molecule has 4 rings (SSSR count). The highest BCUT2D eigenvalue weighted by molar-refractivity contribution is 5.95. The summed E-state index contributed by atoms with van der Waals surface area (Å²) in [7, 11) is 6.06. The zero-order valence-electron chi connectivity index (χ0n) is 65.2. The van der Waals surface area contributed by atoms with Crippen molar-refractivity contribution in [3.8, 4) is 0 Å². The number of hydrogen-bond acceptors (Lipinski definition) is 10. The summed E-state index contributed by atoms with van der Waals surface area (Å²) >= 11 is 0. The monoisotopic (exact) mass is 1280 g/mol. The minimum atomic E-state index is 0.0544. The van der Waals surface area contributed by atoms with E-state index in [1.807, 2.05) is 35.2 Å². The number of aliphatic hydroxyl groups is 2. The molecule has 538 valence electrons. The highest BCUT2D eigenvalue weighted by Crippen LogP contribution is 2.29. The van der Waals surface area contributed by atoms with Crippen molar-refractivity contribution >= 4 is 29.3 Å². The molecule has 2 atom stereocenters. The Kier molecular flexibility index (Phi) is 71.9. The molecule has 0 bridgehead atoms. The molecule has 90 heavy (non-hydrogen) atoms. The quantitative estimate of drug-likeness (QED) is 0.0702. The van der Waals surface area contributed by atoms with Crippen LogP contribution in [-0.4, -0.2) is 135 Å². The molecule has 3 aliphatic rings. The van der Waals surface area contributed by atoms with Gasteiger partial charge in [0.2, 0.25) is 17.7 Å². The van der Waals surface area contributed by atoms with Gasteiger partial charge in [-0.1, -0.05) is 197 Å². The molecular weight excluding hydrogens is 1120 g/mol. The number of carbonyl (C=O) groups is 5. The van der Waals surface area contributed by atoms with Crippen molar-refractivity contribution in [1.29, 1.82) is 0 Å². The number of benzene rings is 1. The maximum absolute atomic E-state index is 11.6. The van der Waals surface area contributed by atoms with Crippen LogP contribution in [0.25, 0.3) is 0 Å². The second-order valence-electron chi connectivity index (χ2n) is 31.0. The smallest absolute Gasteiger partial charge is 0.234 e. The number of likely N-dealkylation sites (tertiary alicyclic amines) is 2. The van der Waals surface area contributed by atoms with Crippen LogP contribution in [0, 0.1) is 58.2 Å². The van der Waals surface area contributed by atoms with Crippen molar-refractivity contribution in [2.75, 3.05) is 67.6 Å². The Bertz CT molecular complexity index is 1700. The van der Waals surface area contributed by atoms with Gasteiger partial charge in [0, 0.05) is 84.3 Å². The van der Waals surface area contributed by atoms with E-state index in [2.05, 4.69) is 194 Å². The highest BCUT2D eigenvalue weighted by atomic mass is 16.5. The number of nitrogens with one attached hydrogen (secondary N) is 3. The van der Waals surface area contributed by atoms with Crippen LogP contribution in [0.1, 0.15) is 300 Å². The van der Waals surface area contributed by atoms with Crippen molar-refractivity contribution in [3.63, 3.8) is 0 Å². The predicted molar refractivity (Wildman–Crippen MR) is 392 cm³/mol. The molecule has 0 aromatic heterocycles. The van der Waals surface area contributed by atoms with Gasteiger partial charge in [0.25, 0.3) is 0 Å². The Hall–Kier alpha value is -3.23. The van der Waals surface area contributed by atoms with E-state index in [0.29, 0.717) is 83.1 Å². The first kappa shape index (κ1) is 100. The predicted octanol–water partition coefficient (Wildman–Crippen LogP) is 18.0. The number of aliphatic hydroxyl groups excluding tert-OH is 2. The van der Waals surface area contributed by atoms with Gasteiger partial charge in [-0.2, -0.15) is 0 Å². The van der Waals surface area contributed by atoms with Gasteiger partial charge in [-0.05, 0) is 176 Å². The van der Waals surface area contributed by atoms with Gasteiger partial charge in [0.15, 0.2) is 5.78 Å². The van der Waals surface area contributed by atoms with Crippen molar-refractivity contribution in [3.05, 3.63) is 35.9 Å². The third kappa shape index (κ3) is 86.8. The summed E-state index contributed by atoms with van der Waals surface area (Å²) in [5.41, 5.74) is 1.78. The lowest BCUT2D eigenvalue weighted by atomic mass is 9.87. The largest absolute Gasteiger partial charge is 0.400 e. The van der Waals surface area contributed by atoms with Crippen LogP contribution in [0.2, 0.25) is 0 Å². The number of ketones is 2. The summed E-state index contributed by atoms with van der Waals surface area (Å²) in [6.07, 6.45) is 19.6. The molecule has 0 radical (unpaired) electrons. The van der Waals surface area contributed by atoms with Gasteiger partial charge in [0.05, 0.1) is 12.6 Å². The molecule has 0 aliphatic carbocycles. The number of Topliss-reactive ketones (excluding diaryl/α,β-unsaturated/α-hetero) is 2. The van der Waals surface area contributed by atoms with Gasteiger partial charge in [-0.15, -0.1) is 0 Å². The third-order valence-electron chi connectivity index (χ3n) is 13.2.